The van der Waals surface area contributed by atoms with E-state index in [-0.39, 0.29) is 24.1 Å². The van der Waals surface area contributed by atoms with Crippen molar-refractivity contribution in [2.75, 3.05) is 31.7 Å². The topological polar surface area (TPSA) is 98.4 Å². The van der Waals surface area contributed by atoms with Gasteiger partial charge in [0.2, 0.25) is 0 Å². The second-order valence-electron chi connectivity index (χ2n) is 13.8. The minimum atomic E-state index is -0.500. The number of aliphatic hydroxyl groups is 1. The standard InChI is InChI=1S/C34H38N4O4.C4H10O/c1-22-11-12-30-28(18-22)25-9-6-10-26(19-25)29-21-31-35-24(3)27(20-32(39)40-5)33(38(31)36-29)37-15-13-34(4,14-16-37)41-17-7-8-23(2)42-30;1-4(2,3)5/h6-12,18-19,21,23H,13-17,20H2,1-5H3;5H,1-3H3/b8-7-;. The van der Waals surface area contributed by atoms with Crippen LogP contribution in [0.4, 0.5) is 5.82 Å². The van der Waals surface area contributed by atoms with Gasteiger partial charge in [0.25, 0.3) is 0 Å². The Labute approximate surface area is 278 Å². The van der Waals surface area contributed by atoms with Crippen molar-refractivity contribution in [3.8, 4) is 28.1 Å². The second-order valence-corrected chi connectivity index (χ2v) is 13.8. The van der Waals surface area contributed by atoms with Gasteiger partial charge in [-0.1, -0.05) is 35.9 Å². The first-order valence-corrected chi connectivity index (χ1v) is 16.4. The Morgan fingerprint density at radius 1 is 1.09 bits per heavy atom. The molecule has 1 atom stereocenters. The maximum atomic E-state index is 12.5. The Balaban J connectivity index is 0.000000807. The summed E-state index contributed by atoms with van der Waals surface area (Å²) < 4.78 is 19.8. The Morgan fingerprint density at radius 2 is 1.79 bits per heavy atom. The number of piperidine rings is 1. The predicted molar refractivity (Wildman–Crippen MR) is 186 cm³/mol. The van der Waals surface area contributed by atoms with Gasteiger partial charge in [-0.25, -0.2) is 4.98 Å². The molecule has 1 saturated heterocycles. The highest BCUT2D eigenvalue weighted by Gasteiger charge is 2.33. The van der Waals surface area contributed by atoms with Crippen LogP contribution in [0.25, 0.3) is 28.0 Å². The van der Waals surface area contributed by atoms with E-state index in [0.717, 1.165) is 82.4 Å². The predicted octanol–water partition coefficient (Wildman–Crippen LogP) is 6.89. The Hall–Kier alpha value is -4.21. The number of hydrogen-bond donors (Lipinski definition) is 1. The van der Waals surface area contributed by atoms with Gasteiger partial charge in [0.15, 0.2) is 5.65 Å². The van der Waals surface area contributed by atoms with Crippen LogP contribution in [-0.2, 0) is 20.7 Å². The lowest BCUT2D eigenvalue weighted by molar-refractivity contribution is -0.139. The largest absolute Gasteiger partial charge is 0.486 e. The van der Waals surface area contributed by atoms with E-state index in [1.807, 2.05) is 30.5 Å². The number of carbonyl (C=O) groups is 1. The SMILES string of the molecule is CC(C)(C)O.COC(=O)Cc1c(C)nc2cc3nn2c1N1CCC(C)(CC1)OC/C=C\C(C)Oc1ccc(C)cc1-c1cccc-3c1. The van der Waals surface area contributed by atoms with Gasteiger partial charge in [-0.15, -0.1) is 0 Å². The summed E-state index contributed by atoms with van der Waals surface area (Å²) in [5.41, 5.74) is 6.66. The van der Waals surface area contributed by atoms with E-state index < -0.39 is 5.60 Å². The molecule has 1 N–H and O–H groups in total. The van der Waals surface area contributed by atoms with E-state index in [1.165, 1.54) is 7.11 Å². The molecule has 0 saturated carbocycles. The van der Waals surface area contributed by atoms with Crippen molar-refractivity contribution in [1.82, 2.24) is 14.6 Å². The van der Waals surface area contributed by atoms with Crippen molar-refractivity contribution in [3.05, 3.63) is 77.5 Å². The number of fused-ring (bicyclic) bond motifs is 6. The number of aromatic nitrogens is 3. The van der Waals surface area contributed by atoms with E-state index in [0.29, 0.717) is 6.61 Å². The molecule has 6 bridgehead atoms. The Bertz CT molecular complexity index is 1760. The Kier molecular flexibility index (Phi) is 10.1. The maximum absolute atomic E-state index is 12.5. The van der Waals surface area contributed by atoms with Crippen molar-refractivity contribution < 1.29 is 24.1 Å². The third kappa shape index (κ3) is 8.39. The number of ether oxygens (including phenoxy) is 3. The van der Waals surface area contributed by atoms with Gasteiger partial charge in [-0.05, 0) is 91.1 Å². The van der Waals surface area contributed by atoms with Crippen LogP contribution in [0.2, 0.25) is 0 Å². The molecule has 2 aromatic heterocycles. The molecule has 0 amide bonds. The maximum Gasteiger partial charge on any atom is 0.310 e. The highest BCUT2D eigenvalue weighted by Crippen LogP contribution is 2.36. The molecule has 7 rings (SSSR count). The fourth-order valence-corrected chi connectivity index (χ4v) is 5.92. The van der Waals surface area contributed by atoms with E-state index in [4.69, 9.17) is 29.4 Å². The van der Waals surface area contributed by atoms with Gasteiger partial charge in [0.1, 0.15) is 17.7 Å². The molecule has 1 fully saturated rings. The quantitative estimate of drug-likeness (QED) is 0.187. The number of hydrogen-bond acceptors (Lipinski definition) is 8. The number of benzene rings is 2. The molecule has 0 spiro atoms. The minimum absolute atomic E-state index is 0.117. The minimum Gasteiger partial charge on any atom is -0.486 e. The Morgan fingerprint density at radius 3 is 2.49 bits per heavy atom. The fourth-order valence-electron chi connectivity index (χ4n) is 5.92. The van der Waals surface area contributed by atoms with E-state index in [9.17, 15) is 4.79 Å². The van der Waals surface area contributed by atoms with Gasteiger partial charge in [-0.2, -0.15) is 9.61 Å². The van der Waals surface area contributed by atoms with Crippen LogP contribution in [0.5, 0.6) is 5.75 Å². The number of methoxy groups -OCH3 is 1. The summed E-state index contributed by atoms with van der Waals surface area (Å²) in [5, 5.41) is 13.6. The first-order valence-electron chi connectivity index (χ1n) is 16.4. The van der Waals surface area contributed by atoms with Gasteiger partial charge >= 0.3 is 5.97 Å². The lowest BCUT2D eigenvalue weighted by atomic mass is 9.93. The van der Waals surface area contributed by atoms with Crippen LogP contribution in [0.1, 0.15) is 64.3 Å². The average molecular weight is 641 g/mol. The molecule has 4 aromatic rings. The molecule has 9 nitrogen and oxygen atoms in total. The zero-order valence-electron chi connectivity index (χ0n) is 29.0. The summed E-state index contributed by atoms with van der Waals surface area (Å²) in [7, 11) is 1.42. The van der Waals surface area contributed by atoms with Crippen molar-refractivity contribution in [3.63, 3.8) is 0 Å². The van der Waals surface area contributed by atoms with Crippen LogP contribution in [0.3, 0.4) is 0 Å². The third-order valence-corrected chi connectivity index (χ3v) is 8.40. The molecule has 3 aliphatic rings. The zero-order chi connectivity index (χ0) is 33.9. The lowest BCUT2D eigenvalue weighted by Crippen LogP contribution is -2.45. The van der Waals surface area contributed by atoms with Crippen molar-refractivity contribution in [2.45, 2.75) is 85.0 Å². The molecular formula is C38H48N4O5. The fraction of sp³-hybridized carbons (Fsp3) is 0.447. The molecule has 47 heavy (non-hydrogen) atoms. The number of esters is 1. The monoisotopic (exact) mass is 640 g/mol. The second kappa shape index (κ2) is 13.9. The molecule has 0 radical (unpaired) electrons. The summed E-state index contributed by atoms with van der Waals surface area (Å²) in [4.78, 5) is 19.7. The normalized spacial score (nSPS) is 20.3. The molecular weight excluding hydrogens is 592 g/mol. The molecule has 9 heteroatoms. The molecule has 1 unspecified atom stereocenters. The first-order chi connectivity index (χ1) is 22.2. The molecule has 2 aromatic carbocycles. The molecule has 250 valence electrons. The number of nitrogens with zero attached hydrogens (tertiary/aromatic N) is 4. The summed E-state index contributed by atoms with van der Waals surface area (Å²) >= 11 is 0. The van der Waals surface area contributed by atoms with E-state index in [1.54, 1.807) is 20.8 Å². The van der Waals surface area contributed by atoms with Crippen LogP contribution in [0, 0.1) is 13.8 Å². The average Bonchev–Trinajstić information content (AvgIpc) is 3.43. The molecule has 5 heterocycles. The zero-order valence-corrected chi connectivity index (χ0v) is 29.0. The molecule has 3 aliphatic heterocycles. The van der Waals surface area contributed by atoms with E-state index in [2.05, 4.69) is 67.3 Å². The van der Waals surface area contributed by atoms with Crippen molar-refractivity contribution in [1.29, 1.82) is 0 Å². The van der Waals surface area contributed by atoms with Gasteiger partial charge in [0.05, 0.1) is 37.0 Å². The highest BCUT2D eigenvalue weighted by atomic mass is 16.5. The van der Waals surface area contributed by atoms with E-state index >= 15 is 0 Å². The highest BCUT2D eigenvalue weighted by molar-refractivity contribution is 5.79. The van der Waals surface area contributed by atoms with Crippen LogP contribution in [-0.4, -0.2) is 69.8 Å². The van der Waals surface area contributed by atoms with Crippen LogP contribution < -0.4 is 9.64 Å². The number of anilines is 1. The van der Waals surface area contributed by atoms with Gasteiger partial charge in [-0.3, -0.25) is 4.79 Å². The molecule has 0 aliphatic carbocycles. The number of carbonyl (C=O) groups excluding carboxylic acids is 1. The summed E-state index contributed by atoms with van der Waals surface area (Å²) in [6, 6.07) is 16.7. The lowest BCUT2D eigenvalue weighted by Gasteiger charge is -2.40. The van der Waals surface area contributed by atoms with Gasteiger partial charge in [0, 0.05) is 41.5 Å². The van der Waals surface area contributed by atoms with Crippen molar-refractivity contribution >= 4 is 17.4 Å². The first kappa shape index (κ1) is 34.1. The van der Waals surface area contributed by atoms with Crippen LogP contribution >= 0.6 is 0 Å². The summed E-state index contributed by atoms with van der Waals surface area (Å²) in [6.45, 7) is 15.6. The summed E-state index contributed by atoms with van der Waals surface area (Å²) in [5.74, 6) is 1.43. The van der Waals surface area contributed by atoms with Gasteiger partial charge < -0.3 is 24.2 Å². The smallest absolute Gasteiger partial charge is 0.310 e. The van der Waals surface area contributed by atoms with Crippen LogP contribution in [0.15, 0.2) is 60.7 Å². The number of rotatable bonds is 2. The van der Waals surface area contributed by atoms with Crippen molar-refractivity contribution in [2.24, 2.45) is 0 Å². The summed E-state index contributed by atoms with van der Waals surface area (Å²) in [6.07, 6.45) is 5.82. The third-order valence-electron chi connectivity index (χ3n) is 8.40. The number of aryl methyl sites for hydroxylation is 2.